The lowest BCUT2D eigenvalue weighted by Gasteiger charge is -2.45. The van der Waals surface area contributed by atoms with Crippen molar-refractivity contribution in [2.45, 2.75) is 59.6 Å². The van der Waals surface area contributed by atoms with Crippen LogP contribution in [0, 0.1) is 11.7 Å². The molecule has 0 atom stereocenters. The van der Waals surface area contributed by atoms with Gasteiger partial charge in [0.25, 0.3) is 5.91 Å². The molecular formula is C22H21F7N2O5S2. The number of hydrogen-bond acceptors (Lipinski definition) is 6. The van der Waals surface area contributed by atoms with Crippen LogP contribution in [0.25, 0.3) is 0 Å². The number of benzene rings is 1. The van der Waals surface area contributed by atoms with E-state index in [0.717, 1.165) is 0 Å². The molecular weight excluding hydrogens is 569 g/mol. The fraction of sp³-hybridized carbons (Fsp3) is 0.455. The molecule has 1 fully saturated rings. The molecule has 210 valence electrons. The molecule has 0 aliphatic heterocycles. The minimum absolute atomic E-state index is 0.0196. The van der Waals surface area contributed by atoms with Gasteiger partial charge in [0.2, 0.25) is 0 Å². The van der Waals surface area contributed by atoms with Gasteiger partial charge in [0.15, 0.2) is 19.7 Å². The van der Waals surface area contributed by atoms with Crippen molar-refractivity contribution in [3.63, 3.8) is 0 Å². The van der Waals surface area contributed by atoms with Crippen molar-refractivity contribution in [3.05, 3.63) is 53.1 Å². The number of amides is 1. The summed E-state index contributed by atoms with van der Waals surface area (Å²) in [4.78, 5) is 14.2. The van der Waals surface area contributed by atoms with Gasteiger partial charge in [-0.3, -0.25) is 4.79 Å². The maximum atomic E-state index is 13.8. The molecule has 1 amide bonds. The van der Waals surface area contributed by atoms with Crippen molar-refractivity contribution in [2.24, 2.45) is 5.92 Å². The van der Waals surface area contributed by atoms with E-state index in [1.165, 1.54) is 13.8 Å². The van der Waals surface area contributed by atoms with Gasteiger partial charge < -0.3 is 5.32 Å². The number of nitrogens with zero attached hydrogens (tertiary/aromatic N) is 1. The SMILES string of the molecule is CC(C)([C@H]1C[C@H](NC(=O)c2ncc(C(F)(F)F)cc2S(C)(=O)=O)C1)S(=O)(=O)c1cc(F)cc(C(F)(F)F)c1. The maximum Gasteiger partial charge on any atom is 0.417 e. The Kier molecular flexibility index (Phi) is 7.42. The van der Waals surface area contributed by atoms with E-state index in [-0.39, 0.29) is 25.0 Å². The monoisotopic (exact) mass is 590 g/mol. The number of carbonyl (C=O) groups is 1. The first kappa shape index (κ1) is 29.8. The Bertz CT molecular complexity index is 1480. The molecule has 2 aromatic rings. The molecule has 0 saturated heterocycles. The number of sulfone groups is 2. The first-order chi connectivity index (χ1) is 17.0. The van der Waals surface area contributed by atoms with Gasteiger partial charge >= 0.3 is 12.4 Å². The average Bonchev–Trinajstić information content (AvgIpc) is 2.72. The molecule has 1 heterocycles. The molecule has 0 unspecified atom stereocenters. The molecule has 1 aromatic carbocycles. The van der Waals surface area contributed by atoms with Crippen LogP contribution in [0.15, 0.2) is 40.3 Å². The van der Waals surface area contributed by atoms with Gasteiger partial charge in [-0.1, -0.05) is 0 Å². The minimum Gasteiger partial charge on any atom is -0.348 e. The van der Waals surface area contributed by atoms with Gasteiger partial charge in [-0.25, -0.2) is 26.2 Å². The molecule has 0 bridgehead atoms. The molecule has 1 aromatic heterocycles. The first-order valence-electron chi connectivity index (χ1n) is 10.8. The smallest absolute Gasteiger partial charge is 0.348 e. The molecule has 1 aliphatic carbocycles. The summed E-state index contributed by atoms with van der Waals surface area (Å²) in [5, 5.41) is 2.38. The third kappa shape index (κ3) is 5.80. The number of aromatic nitrogens is 1. The molecule has 1 saturated carbocycles. The second kappa shape index (κ2) is 9.47. The zero-order valence-corrected chi connectivity index (χ0v) is 21.5. The highest BCUT2D eigenvalue weighted by molar-refractivity contribution is 7.92. The third-order valence-electron chi connectivity index (χ3n) is 6.45. The molecule has 16 heteroatoms. The van der Waals surface area contributed by atoms with Crippen molar-refractivity contribution in [1.82, 2.24) is 10.3 Å². The second-order valence-electron chi connectivity index (χ2n) is 9.46. The van der Waals surface area contributed by atoms with E-state index >= 15 is 0 Å². The number of hydrogen-bond donors (Lipinski definition) is 1. The van der Waals surface area contributed by atoms with E-state index in [9.17, 15) is 52.4 Å². The third-order valence-corrected chi connectivity index (χ3v) is 10.1. The van der Waals surface area contributed by atoms with E-state index in [2.05, 4.69) is 10.3 Å². The predicted molar refractivity (Wildman–Crippen MR) is 119 cm³/mol. The van der Waals surface area contributed by atoms with Crippen molar-refractivity contribution < 1.29 is 52.4 Å². The van der Waals surface area contributed by atoms with Crippen molar-refractivity contribution >= 4 is 25.6 Å². The standard InChI is InChI=1S/C22H21F7N2O5S2/c1-20(2,38(35,36)16-7-12(21(24,25)26)4-14(23)9-16)11-5-15(6-11)31-19(32)18-17(37(3,33)34)8-13(10-30-18)22(27,28)29/h4,7-11,15H,5-6H2,1-3H3,(H,31,32)/t11-,15-. The van der Waals surface area contributed by atoms with Crippen LogP contribution in [0.4, 0.5) is 30.7 Å². The van der Waals surface area contributed by atoms with Crippen LogP contribution >= 0.6 is 0 Å². The zero-order valence-electron chi connectivity index (χ0n) is 19.9. The number of rotatable bonds is 6. The molecule has 0 spiro atoms. The Morgan fingerprint density at radius 3 is 1.97 bits per heavy atom. The van der Waals surface area contributed by atoms with Gasteiger partial charge in [0.1, 0.15) is 11.5 Å². The van der Waals surface area contributed by atoms with Crippen molar-refractivity contribution in [3.8, 4) is 0 Å². The minimum atomic E-state index is -4.99. The summed E-state index contributed by atoms with van der Waals surface area (Å²) in [6, 6.07) is 0.525. The van der Waals surface area contributed by atoms with E-state index < -0.39 is 87.1 Å². The fourth-order valence-corrected chi connectivity index (χ4v) is 6.64. The van der Waals surface area contributed by atoms with Gasteiger partial charge in [0, 0.05) is 18.5 Å². The van der Waals surface area contributed by atoms with E-state index in [0.29, 0.717) is 24.6 Å². The van der Waals surface area contributed by atoms with Crippen LogP contribution in [-0.2, 0) is 32.0 Å². The predicted octanol–water partition coefficient (Wildman–Crippen LogP) is 4.42. The Morgan fingerprint density at radius 1 is 0.921 bits per heavy atom. The molecule has 1 aliphatic rings. The van der Waals surface area contributed by atoms with E-state index in [1.54, 1.807) is 0 Å². The molecule has 0 radical (unpaired) electrons. The number of pyridine rings is 1. The quantitative estimate of drug-likeness (QED) is 0.499. The first-order valence-corrected chi connectivity index (χ1v) is 14.1. The van der Waals surface area contributed by atoms with Crippen molar-refractivity contribution in [2.75, 3.05) is 6.26 Å². The lowest BCUT2D eigenvalue weighted by atomic mass is 9.73. The molecule has 1 N–H and O–H groups in total. The highest BCUT2D eigenvalue weighted by Gasteiger charge is 2.49. The Morgan fingerprint density at radius 2 is 1.47 bits per heavy atom. The summed E-state index contributed by atoms with van der Waals surface area (Å²) in [5.74, 6) is -3.22. The van der Waals surface area contributed by atoms with Crippen LogP contribution in [0.3, 0.4) is 0 Å². The van der Waals surface area contributed by atoms with Gasteiger partial charge in [-0.15, -0.1) is 0 Å². The lowest BCUT2D eigenvalue weighted by molar-refractivity contribution is -0.138. The molecule has 38 heavy (non-hydrogen) atoms. The number of carbonyl (C=O) groups excluding carboxylic acids is 1. The largest absolute Gasteiger partial charge is 0.417 e. The summed E-state index contributed by atoms with van der Waals surface area (Å²) >= 11 is 0. The van der Waals surface area contributed by atoms with Gasteiger partial charge in [-0.05, 0) is 56.9 Å². The van der Waals surface area contributed by atoms with Crippen LogP contribution < -0.4 is 5.32 Å². The van der Waals surface area contributed by atoms with Gasteiger partial charge in [-0.2, -0.15) is 26.3 Å². The van der Waals surface area contributed by atoms with Crippen LogP contribution in [-0.4, -0.2) is 44.8 Å². The maximum absolute atomic E-state index is 13.8. The van der Waals surface area contributed by atoms with Crippen LogP contribution in [0.1, 0.15) is 48.3 Å². The highest BCUT2D eigenvalue weighted by Crippen LogP contribution is 2.44. The fourth-order valence-electron chi connectivity index (χ4n) is 4.01. The average molecular weight is 591 g/mol. The number of halogens is 7. The number of alkyl halides is 6. The Hall–Kier alpha value is -2.75. The van der Waals surface area contributed by atoms with E-state index in [4.69, 9.17) is 0 Å². The summed E-state index contributed by atoms with van der Waals surface area (Å²) in [6.07, 6.45) is -9.04. The van der Waals surface area contributed by atoms with Crippen LogP contribution in [0.5, 0.6) is 0 Å². The summed E-state index contributed by atoms with van der Waals surface area (Å²) in [5.41, 5.74) is -3.64. The van der Waals surface area contributed by atoms with Crippen LogP contribution in [0.2, 0.25) is 0 Å². The summed E-state index contributed by atoms with van der Waals surface area (Å²) in [7, 11) is -8.80. The lowest BCUT2D eigenvalue weighted by Crippen LogP contribution is -2.53. The molecule has 3 rings (SSSR count). The van der Waals surface area contributed by atoms with Gasteiger partial charge in [0.05, 0.1) is 25.7 Å². The number of nitrogens with one attached hydrogen (secondary N) is 1. The normalized spacial score (nSPS) is 19.1. The highest BCUT2D eigenvalue weighted by atomic mass is 32.2. The Balaban J connectivity index is 1.80. The molecule has 7 nitrogen and oxygen atoms in total. The van der Waals surface area contributed by atoms with E-state index in [1.807, 2.05) is 0 Å². The Labute approximate surface area is 213 Å². The topological polar surface area (TPSA) is 110 Å². The zero-order chi connectivity index (χ0) is 29.1. The second-order valence-corrected chi connectivity index (χ2v) is 14.0. The summed E-state index contributed by atoms with van der Waals surface area (Å²) in [6.45, 7) is 2.48. The van der Waals surface area contributed by atoms with Crippen molar-refractivity contribution in [1.29, 1.82) is 0 Å². The summed E-state index contributed by atoms with van der Waals surface area (Å²) < 4.78 is 141.